The second-order valence-electron chi connectivity index (χ2n) is 3.95. The van der Waals surface area contributed by atoms with Crippen LogP contribution in [0.4, 0.5) is 0 Å². The monoisotopic (exact) mass is 146 g/mol. The third kappa shape index (κ3) is 1.18. The van der Waals surface area contributed by atoms with Crippen molar-refractivity contribution in [3.05, 3.63) is 36.0 Å². The molecule has 0 spiro atoms. The molecule has 2 unspecified atom stereocenters. The van der Waals surface area contributed by atoms with Gasteiger partial charge in [0.2, 0.25) is 0 Å². The fraction of sp³-hybridized carbons (Fsp3) is 0.455. The second-order valence-corrected chi connectivity index (χ2v) is 3.95. The van der Waals surface area contributed by atoms with E-state index in [1.807, 2.05) is 0 Å². The zero-order chi connectivity index (χ0) is 7.90. The molecule has 2 rings (SSSR count). The molecule has 11 heavy (non-hydrogen) atoms. The van der Waals surface area contributed by atoms with Crippen LogP contribution in [0.3, 0.4) is 0 Å². The van der Waals surface area contributed by atoms with E-state index >= 15 is 0 Å². The van der Waals surface area contributed by atoms with Crippen LogP contribution in [0.1, 0.15) is 20.3 Å². The summed E-state index contributed by atoms with van der Waals surface area (Å²) in [6, 6.07) is 0. The maximum absolute atomic E-state index is 2.39. The summed E-state index contributed by atoms with van der Waals surface area (Å²) in [5.74, 6) is 0.809. The first kappa shape index (κ1) is 6.90. The highest BCUT2D eigenvalue weighted by Gasteiger charge is 2.46. The van der Waals surface area contributed by atoms with Gasteiger partial charge in [0.1, 0.15) is 0 Å². The molecule has 0 aliphatic heterocycles. The molecule has 0 radical (unpaired) electrons. The lowest BCUT2D eigenvalue weighted by Gasteiger charge is -2.03. The molecule has 58 valence electrons. The molecule has 0 saturated heterocycles. The standard InChI is InChI=1S/C11H14/c1-9-5-3-4-6-11(2)8-10(11)7-9/h3-7,10H,8H2,1-2H3. The van der Waals surface area contributed by atoms with Crippen LogP contribution in [0.15, 0.2) is 36.0 Å². The Morgan fingerprint density at radius 1 is 1.45 bits per heavy atom. The summed E-state index contributed by atoms with van der Waals surface area (Å²) in [5, 5.41) is 0. The van der Waals surface area contributed by atoms with E-state index in [-0.39, 0.29) is 0 Å². The third-order valence-electron chi connectivity index (χ3n) is 2.76. The lowest BCUT2D eigenvalue weighted by Crippen LogP contribution is -1.91. The molecular formula is C11H14. The Hall–Kier alpha value is -0.780. The second kappa shape index (κ2) is 2.10. The van der Waals surface area contributed by atoms with Crippen molar-refractivity contribution in [1.82, 2.24) is 0 Å². The Kier molecular flexibility index (Phi) is 1.32. The van der Waals surface area contributed by atoms with Gasteiger partial charge in [-0.15, -0.1) is 0 Å². The minimum atomic E-state index is 0.492. The smallest absolute Gasteiger partial charge is 0.00742 e. The summed E-state index contributed by atoms with van der Waals surface area (Å²) in [6.45, 7) is 4.51. The van der Waals surface area contributed by atoms with Crippen LogP contribution in [0.25, 0.3) is 0 Å². The Morgan fingerprint density at radius 2 is 2.27 bits per heavy atom. The Bertz CT molecular complexity index is 255. The lowest BCUT2D eigenvalue weighted by molar-refractivity contribution is 0.694. The van der Waals surface area contributed by atoms with Gasteiger partial charge in [-0.25, -0.2) is 0 Å². The van der Waals surface area contributed by atoms with Gasteiger partial charge in [0.25, 0.3) is 0 Å². The third-order valence-corrected chi connectivity index (χ3v) is 2.76. The van der Waals surface area contributed by atoms with Gasteiger partial charge in [0.05, 0.1) is 0 Å². The van der Waals surface area contributed by atoms with Gasteiger partial charge in [0.15, 0.2) is 0 Å². The van der Waals surface area contributed by atoms with Crippen molar-refractivity contribution in [3.63, 3.8) is 0 Å². The molecule has 0 nitrogen and oxygen atoms in total. The van der Waals surface area contributed by atoms with E-state index in [1.165, 1.54) is 12.0 Å². The molecular weight excluding hydrogens is 132 g/mol. The van der Waals surface area contributed by atoms with Crippen LogP contribution in [0.2, 0.25) is 0 Å². The Morgan fingerprint density at radius 3 is 3.09 bits per heavy atom. The average molecular weight is 146 g/mol. The van der Waals surface area contributed by atoms with E-state index < -0.39 is 0 Å². The summed E-state index contributed by atoms with van der Waals surface area (Å²) in [5.41, 5.74) is 1.90. The molecule has 0 aromatic rings. The van der Waals surface area contributed by atoms with Crippen molar-refractivity contribution in [3.8, 4) is 0 Å². The van der Waals surface area contributed by atoms with Crippen molar-refractivity contribution in [2.75, 3.05) is 0 Å². The number of hydrogen-bond acceptors (Lipinski definition) is 0. The lowest BCUT2D eigenvalue weighted by atomic mass is 10.0. The summed E-state index contributed by atoms with van der Waals surface area (Å²) < 4.78 is 0. The van der Waals surface area contributed by atoms with Gasteiger partial charge in [-0.1, -0.05) is 42.9 Å². The number of rotatable bonds is 0. The highest BCUT2D eigenvalue weighted by molar-refractivity contribution is 5.31. The van der Waals surface area contributed by atoms with Crippen LogP contribution >= 0.6 is 0 Å². The molecule has 2 aliphatic rings. The Labute approximate surface area is 68.3 Å². The molecule has 0 bridgehead atoms. The largest absolute Gasteiger partial charge is 0.0780 e. The van der Waals surface area contributed by atoms with Gasteiger partial charge in [-0.2, -0.15) is 0 Å². The van der Waals surface area contributed by atoms with Crippen molar-refractivity contribution in [2.45, 2.75) is 20.3 Å². The predicted octanol–water partition coefficient (Wildman–Crippen LogP) is 3.08. The maximum atomic E-state index is 2.39. The van der Waals surface area contributed by atoms with E-state index in [4.69, 9.17) is 0 Å². The van der Waals surface area contributed by atoms with Crippen LogP contribution in [-0.4, -0.2) is 0 Å². The van der Waals surface area contributed by atoms with E-state index in [0.29, 0.717) is 5.41 Å². The van der Waals surface area contributed by atoms with Crippen LogP contribution in [-0.2, 0) is 0 Å². The number of hydrogen-bond donors (Lipinski definition) is 0. The summed E-state index contributed by atoms with van der Waals surface area (Å²) in [4.78, 5) is 0. The van der Waals surface area contributed by atoms with Gasteiger partial charge in [-0.3, -0.25) is 0 Å². The zero-order valence-corrected chi connectivity index (χ0v) is 7.17. The number of fused-ring (bicyclic) bond motifs is 1. The van der Waals surface area contributed by atoms with Crippen molar-refractivity contribution >= 4 is 0 Å². The molecule has 0 amide bonds. The zero-order valence-electron chi connectivity index (χ0n) is 7.17. The van der Waals surface area contributed by atoms with E-state index in [9.17, 15) is 0 Å². The van der Waals surface area contributed by atoms with Crippen LogP contribution in [0, 0.1) is 11.3 Å². The van der Waals surface area contributed by atoms with Crippen LogP contribution in [0.5, 0.6) is 0 Å². The molecule has 2 aliphatic carbocycles. The number of allylic oxidation sites excluding steroid dienone is 6. The summed E-state index contributed by atoms with van der Waals surface area (Å²) in [7, 11) is 0. The Balaban J connectivity index is 2.31. The SMILES string of the molecule is CC1=CC2CC2(C)C=CC=C1. The normalized spacial score (nSPS) is 40.5. The maximum Gasteiger partial charge on any atom is -0.00742 e. The fourth-order valence-electron chi connectivity index (χ4n) is 1.71. The molecule has 0 aromatic heterocycles. The highest BCUT2D eigenvalue weighted by Crippen LogP contribution is 2.55. The van der Waals surface area contributed by atoms with E-state index in [0.717, 1.165) is 5.92 Å². The van der Waals surface area contributed by atoms with Crippen molar-refractivity contribution in [2.24, 2.45) is 11.3 Å². The van der Waals surface area contributed by atoms with Crippen molar-refractivity contribution in [1.29, 1.82) is 0 Å². The van der Waals surface area contributed by atoms with Crippen molar-refractivity contribution < 1.29 is 0 Å². The summed E-state index contributed by atoms with van der Waals surface area (Å²) in [6.07, 6.45) is 12.5. The van der Waals surface area contributed by atoms with Gasteiger partial charge in [-0.05, 0) is 24.7 Å². The van der Waals surface area contributed by atoms with Gasteiger partial charge in [0, 0.05) is 0 Å². The minimum Gasteiger partial charge on any atom is -0.0780 e. The average Bonchev–Trinajstić information content (AvgIpc) is 2.51. The molecule has 0 heteroatoms. The quantitative estimate of drug-likeness (QED) is 0.492. The first-order chi connectivity index (χ1) is 5.21. The highest BCUT2D eigenvalue weighted by atomic mass is 14.5. The molecule has 0 heterocycles. The topological polar surface area (TPSA) is 0 Å². The summed E-state index contributed by atoms with van der Waals surface area (Å²) >= 11 is 0. The molecule has 1 fully saturated rings. The van der Waals surface area contributed by atoms with Crippen LogP contribution < -0.4 is 0 Å². The molecule has 2 atom stereocenters. The fourth-order valence-corrected chi connectivity index (χ4v) is 1.71. The first-order valence-electron chi connectivity index (χ1n) is 4.25. The van der Waals surface area contributed by atoms with Gasteiger partial charge < -0.3 is 0 Å². The molecule has 0 aromatic carbocycles. The van der Waals surface area contributed by atoms with E-state index in [2.05, 4.69) is 44.2 Å². The minimum absolute atomic E-state index is 0.492. The molecule has 1 saturated carbocycles. The van der Waals surface area contributed by atoms with Gasteiger partial charge >= 0.3 is 0 Å². The predicted molar refractivity (Wildman–Crippen MR) is 48.3 cm³/mol. The first-order valence-corrected chi connectivity index (χ1v) is 4.25. The molecule has 0 N–H and O–H groups in total. The van der Waals surface area contributed by atoms with E-state index in [1.54, 1.807) is 0 Å².